The molecule has 1 saturated heterocycles. The summed E-state index contributed by atoms with van der Waals surface area (Å²) in [5.74, 6) is 0.293. The summed E-state index contributed by atoms with van der Waals surface area (Å²) in [7, 11) is 0. The van der Waals surface area contributed by atoms with Gasteiger partial charge in [0.1, 0.15) is 5.69 Å². The molecule has 8 heteroatoms. The van der Waals surface area contributed by atoms with Crippen LogP contribution < -0.4 is 5.32 Å². The number of alkyl halides is 3. The van der Waals surface area contributed by atoms with Crippen molar-refractivity contribution in [3.8, 4) is 22.4 Å². The van der Waals surface area contributed by atoms with Gasteiger partial charge >= 0.3 is 6.18 Å². The smallest absolute Gasteiger partial charge is 0.317 e. The molecule has 0 radical (unpaired) electrons. The van der Waals surface area contributed by atoms with Crippen molar-refractivity contribution in [2.45, 2.75) is 24.9 Å². The van der Waals surface area contributed by atoms with E-state index in [0.29, 0.717) is 17.2 Å². The molecule has 4 rings (SSSR count). The molecule has 148 valence electrons. The van der Waals surface area contributed by atoms with Gasteiger partial charge < -0.3 is 5.32 Å². The number of hydrogen-bond acceptors (Lipinski definition) is 3. The Morgan fingerprint density at radius 3 is 2.36 bits per heavy atom. The van der Waals surface area contributed by atoms with Crippen LogP contribution in [0.25, 0.3) is 22.4 Å². The molecule has 1 aliphatic heterocycles. The minimum Gasteiger partial charge on any atom is -0.317 e. The van der Waals surface area contributed by atoms with Crippen LogP contribution in [0.4, 0.5) is 13.2 Å². The topological polar surface area (TPSA) is 53.6 Å². The summed E-state index contributed by atoms with van der Waals surface area (Å²) in [5, 5.41) is 10.9. The van der Waals surface area contributed by atoms with Gasteiger partial charge in [0.2, 0.25) is 0 Å². The zero-order chi connectivity index (χ0) is 18.9. The summed E-state index contributed by atoms with van der Waals surface area (Å²) in [4.78, 5) is 4.06. The van der Waals surface area contributed by atoms with E-state index in [1.54, 1.807) is 18.5 Å². The summed E-state index contributed by atoms with van der Waals surface area (Å²) >= 11 is 0. The molecule has 0 aliphatic carbocycles. The van der Waals surface area contributed by atoms with Crippen molar-refractivity contribution in [1.29, 1.82) is 0 Å². The molecule has 1 fully saturated rings. The van der Waals surface area contributed by atoms with Crippen molar-refractivity contribution in [3.63, 3.8) is 0 Å². The molecule has 28 heavy (non-hydrogen) atoms. The number of hydrogen-bond donors (Lipinski definition) is 2. The molecule has 1 aliphatic rings. The van der Waals surface area contributed by atoms with Crippen molar-refractivity contribution in [2.75, 3.05) is 13.1 Å². The van der Waals surface area contributed by atoms with Gasteiger partial charge in [-0.05, 0) is 55.8 Å². The molecule has 0 saturated carbocycles. The molecule has 2 N–H and O–H groups in total. The van der Waals surface area contributed by atoms with Crippen LogP contribution in [0.15, 0.2) is 48.8 Å². The second-order valence-corrected chi connectivity index (χ2v) is 6.70. The Labute approximate surface area is 167 Å². The maximum absolute atomic E-state index is 13.2. The van der Waals surface area contributed by atoms with Gasteiger partial charge in [-0.15, -0.1) is 12.4 Å². The van der Waals surface area contributed by atoms with E-state index >= 15 is 0 Å². The number of piperidine rings is 1. The third-order valence-electron chi connectivity index (χ3n) is 4.97. The molecular weight excluding hydrogens is 389 g/mol. The maximum Gasteiger partial charge on any atom is 0.416 e. The molecule has 0 unspecified atom stereocenters. The van der Waals surface area contributed by atoms with E-state index < -0.39 is 11.7 Å². The number of pyridine rings is 1. The minimum absolute atomic E-state index is 0. The molecule has 2 aromatic heterocycles. The number of H-pyrrole nitrogens is 1. The van der Waals surface area contributed by atoms with Gasteiger partial charge in [-0.25, -0.2) is 0 Å². The Balaban J connectivity index is 0.00000225. The molecule has 4 nitrogen and oxygen atoms in total. The van der Waals surface area contributed by atoms with Crippen molar-refractivity contribution >= 4 is 12.4 Å². The minimum atomic E-state index is -4.39. The lowest BCUT2D eigenvalue weighted by Crippen LogP contribution is -2.27. The molecule has 0 amide bonds. The van der Waals surface area contributed by atoms with Crippen LogP contribution in [0.2, 0.25) is 0 Å². The average molecular weight is 409 g/mol. The predicted molar refractivity (Wildman–Crippen MR) is 104 cm³/mol. The number of aromatic nitrogens is 3. The normalized spacial score (nSPS) is 15.2. The van der Waals surface area contributed by atoms with Crippen molar-refractivity contribution in [2.24, 2.45) is 0 Å². The number of nitrogens with zero attached hydrogens (tertiary/aromatic N) is 2. The molecule has 3 aromatic rings. The standard InChI is InChI=1S/C20H19F3N4.ClH/c21-20(22,23)16-3-1-2-15(12-16)19-17(13-4-8-24-9-5-13)18(26-27-19)14-6-10-25-11-7-14;/h1-5,8-9,12,14,25H,6-7,10-11H2,(H,26,27);1H. The number of rotatable bonds is 3. The van der Waals surface area contributed by atoms with Gasteiger partial charge in [-0.3, -0.25) is 10.1 Å². The summed E-state index contributed by atoms with van der Waals surface area (Å²) in [6.07, 6.45) is 0.903. The summed E-state index contributed by atoms with van der Waals surface area (Å²) < 4.78 is 39.5. The highest BCUT2D eigenvalue weighted by Crippen LogP contribution is 2.40. The van der Waals surface area contributed by atoms with E-state index in [-0.39, 0.29) is 12.4 Å². The van der Waals surface area contributed by atoms with Crippen LogP contribution in [0.1, 0.15) is 30.0 Å². The quantitative estimate of drug-likeness (QED) is 0.638. The molecule has 0 atom stereocenters. The van der Waals surface area contributed by atoms with Crippen LogP contribution in [0.5, 0.6) is 0 Å². The van der Waals surface area contributed by atoms with Gasteiger partial charge in [0.15, 0.2) is 0 Å². The van der Waals surface area contributed by atoms with Gasteiger partial charge in [0.05, 0.1) is 5.56 Å². The first-order valence-electron chi connectivity index (χ1n) is 8.91. The van der Waals surface area contributed by atoms with Crippen LogP contribution in [0, 0.1) is 0 Å². The molecule has 3 heterocycles. The van der Waals surface area contributed by atoms with Gasteiger partial charge in [0, 0.05) is 35.1 Å². The molecule has 0 bridgehead atoms. The molecule has 0 spiro atoms. The van der Waals surface area contributed by atoms with Gasteiger partial charge in [-0.2, -0.15) is 18.3 Å². The van der Waals surface area contributed by atoms with Crippen LogP contribution >= 0.6 is 12.4 Å². The van der Waals surface area contributed by atoms with Crippen LogP contribution in [0.3, 0.4) is 0 Å². The fraction of sp³-hybridized carbons (Fsp3) is 0.300. The largest absolute Gasteiger partial charge is 0.416 e. The Morgan fingerprint density at radius 1 is 0.964 bits per heavy atom. The van der Waals surface area contributed by atoms with Crippen molar-refractivity contribution < 1.29 is 13.2 Å². The van der Waals surface area contributed by atoms with E-state index in [9.17, 15) is 13.2 Å². The molecule has 1 aromatic carbocycles. The number of benzene rings is 1. The van der Waals surface area contributed by atoms with Crippen molar-refractivity contribution in [3.05, 3.63) is 60.0 Å². The second-order valence-electron chi connectivity index (χ2n) is 6.70. The zero-order valence-corrected chi connectivity index (χ0v) is 15.8. The number of aromatic amines is 1. The SMILES string of the molecule is Cl.FC(F)(F)c1cccc(-c2n[nH]c(C3CCNCC3)c2-c2ccncc2)c1. The number of halogens is 4. The predicted octanol–water partition coefficient (Wildman–Crippen LogP) is 5.05. The fourth-order valence-corrected chi connectivity index (χ4v) is 3.62. The maximum atomic E-state index is 13.2. The van der Waals surface area contributed by atoms with Gasteiger partial charge in [0.25, 0.3) is 0 Å². The first kappa shape index (κ1) is 20.4. The van der Waals surface area contributed by atoms with Gasteiger partial charge in [-0.1, -0.05) is 12.1 Å². The fourth-order valence-electron chi connectivity index (χ4n) is 3.62. The Bertz CT molecular complexity index is 919. The van der Waals surface area contributed by atoms with Crippen LogP contribution in [-0.2, 0) is 6.18 Å². The zero-order valence-electron chi connectivity index (χ0n) is 15.0. The lowest BCUT2D eigenvalue weighted by atomic mass is 9.88. The monoisotopic (exact) mass is 408 g/mol. The van der Waals surface area contributed by atoms with Crippen LogP contribution in [-0.4, -0.2) is 28.3 Å². The van der Waals surface area contributed by atoms with E-state index in [2.05, 4.69) is 20.5 Å². The highest BCUT2D eigenvalue weighted by Gasteiger charge is 2.31. The summed E-state index contributed by atoms with van der Waals surface area (Å²) in [5.41, 5.74) is 3.07. The Morgan fingerprint density at radius 2 is 1.68 bits per heavy atom. The first-order chi connectivity index (χ1) is 13.0. The van der Waals surface area contributed by atoms with E-state index in [4.69, 9.17) is 0 Å². The second kappa shape index (κ2) is 8.32. The van der Waals surface area contributed by atoms with E-state index in [0.717, 1.165) is 54.9 Å². The Kier molecular flexibility index (Phi) is 6.05. The first-order valence-corrected chi connectivity index (χ1v) is 8.91. The summed E-state index contributed by atoms with van der Waals surface area (Å²) in [6.45, 7) is 1.83. The highest BCUT2D eigenvalue weighted by atomic mass is 35.5. The average Bonchev–Trinajstić information content (AvgIpc) is 3.14. The molecular formula is C20H20ClF3N4. The lowest BCUT2D eigenvalue weighted by molar-refractivity contribution is -0.137. The Hall–Kier alpha value is -2.38. The van der Waals surface area contributed by atoms with E-state index in [1.165, 1.54) is 6.07 Å². The van der Waals surface area contributed by atoms with E-state index in [1.807, 2.05) is 12.1 Å². The van der Waals surface area contributed by atoms with Crippen molar-refractivity contribution in [1.82, 2.24) is 20.5 Å². The lowest BCUT2D eigenvalue weighted by Gasteiger charge is -2.22. The third-order valence-corrected chi connectivity index (χ3v) is 4.97. The highest BCUT2D eigenvalue weighted by molar-refractivity contribution is 5.85. The third kappa shape index (κ3) is 4.05. The number of nitrogens with one attached hydrogen (secondary N) is 2. The summed E-state index contributed by atoms with van der Waals surface area (Å²) in [6, 6.07) is 9.07.